The third-order valence-electron chi connectivity index (χ3n) is 3.48. The van der Waals surface area contributed by atoms with Crippen LogP contribution in [0.1, 0.15) is 25.3 Å². The van der Waals surface area contributed by atoms with Crippen molar-refractivity contribution in [1.29, 1.82) is 0 Å². The molecule has 128 valence electrons. The molecule has 1 atom stereocenters. The highest BCUT2D eigenvalue weighted by Gasteiger charge is 2.39. The second-order valence-corrected chi connectivity index (χ2v) is 6.80. The van der Waals surface area contributed by atoms with Gasteiger partial charge in [0.1, 0.15) is 10.4 Å². The van der Waals surface area contributed by atoms with Crippen LogP contribution in [-0.4, -0.2) is 44.5 Å². The predicted molar refractivity (Wildman–Crippen MR) is 96.0 cm³/mol. The Bertz CT molecular complexity index is 716. The average molecular weight is 367 g/mol. The number of benzene rings is 1. The van der Waals surface area contributed by atoms with E-state index in [1.165, 1.54) is 13.2 Å². The molecule has 1 fully saturated rings. The fraction of sp³-hybridized carbons (Fsp3) is 0.312. The van der Waals surface area contributed by atoms with Crippen LogP contribution in [0.4, 0.5) is 0 Å². The maximum absolute atomic E-state index is 12.6. The monoisotopic (exact) mass is 367 g/mol. The number of carbonyl (C=O) groups is 2. The molecule has 8 heteroatoms. The zero-order valence-electron chi connectivity index (χ0n) is 13.2. The number of rotatable bonds is 6. The first-order valence-electron chi connectivity index (χ1n) is 7.26. The largest absolute Gasteiger partial charge is 0.504 e. The molecule has 1 unspecified atom stereocenters. The third kappa shape index (κ3) is 3.70. The number of aliphatic carboxylic acids is 1. The number of carboxylic acid groups (broad SMARTS) is 1. The van der Waals surface area contributed by atoms with E-state index in [4.69, 9.17) is 17.0 Å². The molecule has 1 aromatic carbocycles. The summed E-state index contributed by atoms with van der Waals surface area (Å²) in [5.74, 6) is -1.21. The van der Waals surface area contributed by atoms with Crippen molar-refractivity contribution in [2.24, 2.45) is 0 Å². The summed E-state index contributed by atoms with van der Waals surface area (Å²) in [5, 5.41) is 19.0. The lowest BCUT2D eigenvalue weighted by molar-refractivity contribution is -0.145. The number of thiocarbonyl (C=S) groups is 1. The number of methoxy groups -OCH3 is 1. The van der Waals surface area contributed by atoms with Crippen LogP contribution in [0.15, 0.2) is 23.1 Å². The maximum atomic E-state index is 12.6. The van der Waals surface area contributed by atoms with Crippen molar-refractivity contribution in [1.82, 2.24) is 4.90 Å². The van der Waals surface area contributed by atoms with Gasteiger partial charge in [-0.3, -0.25) is 9.69 Å². The van der Waals surface area contributed by atoms with E-state index in [1.54, 1.807) is 18.2 Å². The number of hydrogen-bond donors (Lipinski definition) is 2. The van der Waals surface area contributed by atoms with Crippen molar-refractivity contribution in [3.63, 3.8) is 0 Å². The first-order valence-corrected chi connectivity index (χ1v) is 8.48. The molecule has 0 saturated carbocycles. The SMILES string of the molecule is CCCC(C(=O)O)N1C(=O)/C(=C\c2ccc(O)c(OC)c2)SC1=S. The summed E-state index contributed by atoms with van der Waals surface area (Å²) >= 11 is 6.26. The lowest BCUT2D eigenvalue weighted by Gasteiger charge is -2.22. The molecule has 1 saturated heterocycles. The molecular weight excluding hydrogens is 350 g/mol. The van der Waals surface area contributed by atoms with Crippen molar-refractivity contribution < 1.29 is 24.5 Å². The lowest BCUT2D eigenvalue weighted by Crippen LogP contribution is -2.43. The molecule has 0 bridgehead atoms. The highest BCUT2D eigenvalue weighted by molar-refractivity contribution is 8.26. The van der Waals surface area contributed by atoms with Gasteiger partial charge in [0, 0.05) is 0 Å². The van der Waals surface area contributed by atoms with Gasteiger partial charge in [0.2, 0.25) is 0 Å². The van der Waals surface area contributed by atoms with E-state index in [2.05, 4.69) is 0 Å². The Morgan fingerprint density at radius 3 is 2.79 bits per heavy atom. The van der Waals surface area contributed by atoms with Gasteiger partial charge in [-0.05, 0) is 30.2 Å². The smallest absolute Gasteiger partial charge is 0.326 e. The number of aromatic hydroxyl groups is 1. The van der Waals surface area contributed by atoms with Gasteiger partial charge in [0.15, 0.2) is 11.5 Å². The number of nitrogens with zero attached hydrogens (tertiary/aromatic N) is 1. The highest BCUT2D eigenvalue weighted by Crippen LogP contribution is 2.36. The van der Waals surface area contributed by atoms with Crippen LogP contribution in [0.5, 0.6) is 11.5 Å². The minimum atomic E-state index is -1.07. The Kier molecular flexibility index (Phi) is 5.84. The number of carboxylic acids is 1. The van der Waals surface area contributed by atoms with E-state index in [0.717, 1.165) is 16.7 Å². The summed E-state index contributed by atoms with van der Waals surface area (Å²) in [6.07, 6.45) is 2.57. The van der Waals surface area contributed by atoms with Crippen LogP contribution in [0.3, 0.4) is 0 Å². The quantitative estimate of drug-likeness (QED) is 0.590. The summed E-state index contributed by atoms with van der Waals surface area (Å²) < 4.78 is 5.27. The molecule has 0 spiro atoms. The summed E-state index contributed by atoms with van der Waals surface area (Å²) in [7, 11) is 1.43. The summed E-state index contributed by atoms with van der Waals surface area (Å²) in [4.78, 5) is 25.5. The number of phenolic OH excluding ortho intramolecular Hbond substituents is 1. The summed E-state index contributed by atoms with van der Waals surface area (Å²) in [6, 6.07) is 3.72. The predicted octanol–water partition coefficient (Wildman–Crippen LogP) is 2.86. The van der Waals surface area contributed by atoms with Crippen LogP contribution in [0.2, 0.25) is 0 Å². The fourth-order valence-electron chi connectivity index (χ4n) is 2.32. The maximum Gasteiger partial charge on any atom is 0.326 e. The fourth-order valence-corrected chi connectivity index (χ4v) is 3.68. The molecule has 2 N–H and O–H groups in total. The van der Waals surface area contributed by atoms with Crippen LogP contribution in [0.25, 0.3) is 6.08 Å². The number of carbonyl (C=O) groups excluding carboxylic acids is 1. The van der Waals surface area contributed by atoms with Gasteiger partial charge >= 0.3 is 5.97 Å². The third-order valence-corrected chi connectivity index (χ3v) is 4.81. The van der Waals surface area contributed by atoms with E-state index < -0.39 is 17.9 Å². The van der Waals surface area contributed by atoms with Gasteiger partial charge in [-0.2, -0.15) is 0 Å². The van der Waals surface area contributed by atoms with Gasteiger partial charge in [0.25, 0.3) is 5.91 Å². The second-order valence-electron chi connectivity index (χ2n) is 5.13. The number of phenols is 1. The Morgan fingerprint density at radius 1 is 1.50 bits per heavy atom. The molecule has 1 amide bonds. The van der Waals surface area contributed by atoms with E-state index in [0.29, 0.717) is 23.3 Å². The van der Waals surface area contributed by atoms with Gasteiger partial charge in [0.05, 0.1) is 12.0 Å². The molecular formula is C16H17NO5S2. The molecule has 1 aliphatic rings. The van der Waals surface area contributed by atoms with Crippen molar-refractivity contribution in [3.05, 3.63) is 28.7 Å². The first-order chi connectivity index (χ1) is 11.4. The Labute approximate surface area is 149 Å². The van der Waals surface area contributed by atoms with E-state index in [1.807, 2.05) is 6.92 Å². The lowest BCUT2D eigenvalue weighted by atomic mass is 10.1. The topological polar surface area (TPSA) is 87.1 Å². The number of ether oxygens (including phenoxy) is 1. The van der Waals surface area contributed by atoms with Crippen molar-refractivity contribution in [2.45, 2.75) is 25.8 Å². The van der Waals surface area contributed by atoms with Crippen LogP contribution in [-0.2, 0) is 9.59 Å². The Hall–Kier alpha value is -2.06. The Morgan fingerprint density at radius 2 is 2.21 bits per heavy atom. The van der Waals surface area contributed by atoms with E-state index in [-0.39, 0.29) is 15.8 Å². The molecule has 1 aliphatic heterocycles. The number of hydrogen-bond acceptors (Lipinski definition) is 6. The van der Waals surface area contributed by atoms with Crippen molar-refractivity contribution in [2.75, 3.05) is 7.11 Å². The van der Waals surface area contributed by atoms with Gasteiger partial charge in [-0.1, -0.05) is 43.4 Å². The average Bonchev–Trinajstić information content (AvgIpc) is 2.81. The molecule has 2 rings (SSSR count). The minimum absolute atomic E-state index is 0.00362. The van der Waals surface area contributed by atoms with Crippen molar-refractivity contribution in [3.8, 4) is 11.5 Å². The second kappa shape index (κ2) is 7.67. The van der Waals surface area contributed by atoms with Crippen LogP contribution < -0.4 is 4.74 Å². The minimum Gasteiger partial charge on any atom is -0.504 e. The molecule has 0 radical (unpaired) electrons. The van der Waals surface area contributed by atoms with Crippen LogP contribution >= 0.6 is 24.0 Å². The standard InChI is InChI=1S/C16H17NO5S2/c1-3-4-10(15(20)21)17-14(19)13(24-16(17)23)8-9-5-6-11(18)12(7-9)22-2/h5-8,10,18H,3-4H2,1-2H3,(H,20,21)/b13-8+. The summed E-state index contributed by atoms with van der Waals surface area (Å²) in [5.41, 5.74) is 0.646. The van der Waals surface area contributed by atoms with Gasteiger partial charge in [-0.15, -0.1) is 0 Å². The summed E-state index contributed by atoms with van der Waals surface area (Å²) in [6.45, 7) is 1.85. The zero-order valence-corrected chi connectivity index (χ0v) is 14.8. The first kappa shape index (κ1) is 18.3. The highest BCUT2D eigenvalue weighted by atomic mass is 32.2. The molecule has 1 aromatic rings. The van der Waals surface area contributed by atoms with E-state index >= 15 is 0 Å². The normalized spacial score (nSPS) is 17.4. The number of thioether (sulfide) groups is 1. The Balaban J connectivity index is 2.32. The molecule has 6 nitrogen and oxygen atoms in total. The van der Waals surface area contributed by atoms with Gasteiger partial charge < -0.3 is 14.9 Å². The van der Waals surface area contributed by atoms with Crippen molar-refractivity contribution >= 4 is 46.3 Å². The molecule has 24 heavy (non-hydrogen) atoms. The number of amides is 1. The molecule has 0 aromatic heterocycles. The zero-order chi connectivity index (χ0) is 17.9. The van der Waals surface area contributed by atoms with Gasteiger partial charge in [-0.25, -0.2) is 4.79 Å². The molecule has 1 heterocycles. The molecule has 0 aliphatic carbocycles. The van der Waals surface area contributed by atoms with E-state index in [9.17, 15) is 19.8 Å². The van der Waals surface area contributed by atoms with Crippen LogP contribution in [0, 0.1) is 0 Å².